The molecule has 4 fully saturated rings. The van der Waals surface area contributed by atoms with Gasteiger partial charge in [0.1, 0.15) is 18.5 Å². The van der Waals surface area contributed by atoms with Gasteiger partial charge in [0.05, 0.1) is 18.8 Å². The van der Waals surface area contributed by atoms with Gasteiger partial charge in [0.25, 0.3) is 0 Å². The topological polar surface area (TPSA) is 82.1 Å². The van der Waals surface area contributed by atoms with Crippen molar-refractivity contribution in [3.05, 3.63) is 42.0 Å². The fraction of sp³-hybridized carbons (Fsp3) is 0.667. The summed E-state index contributed by atoms with van der Waals surface area (Å²) in [7, 11) is 1.59. The van der Waals surface area contributed by atoms with Crippen LogP contribution in [0, 0.1) is 34.0 Å². The van der Waals surface area contributed by atoms with E-state index in [0.29, 0.717) is 36.0 Å². The minimum absolute atomic E-state index is 0.0350. The molecule has 5 rings (SSSR count). The first kappa shape index (κ1) is 25.3. The van der Waals surface area contributed by atoms with Crippen LogP contribution in [0.5, 0.6) is 5.75 Å². The molecule has 1 aromatic carbocycles. The van der Waals surface area contributed by atoms with E-state index in [9.17, 15) is 14.7 Å². The molecule has 0 heterocycles. The molecule has 0 radical (unpaired) electrons. The van der Waals surface area contributed by atoms with Crippen molar-refractivity contribution in [2.45, 2.75) is 77.9 Å². The van der Waals surface area contributed by atoms with Gasteiger partial charge in [0.2, 0.25) is 0 Å². The molecule has 6 heteroatoms. The van der Waals surface area contributed by atoms with E-state index in [1.54, 1.807) is 31.4 Å². The molecule has 36 heavy (non-hydrogen) atoms. The first-order valence-corrected chi connectivity index (χ1v) is 13.4. The molecule has 4 aliphatic carbocycles. The Bertz CT molecular complexity index is 1050. The summed E-state index contributed by atoms with van der Waals surface area (Å²) >= 11 is 0. The maximum absolute atomic E-state index is 13.2. The van der Waals surface area contributed by atoms with Crippen LogP contribution in [0.3, 0.4) is 0 Å². The van der Waals surface area contributed by atoms with E-state index < -0.39 is 17.6 Å². The van der Waals surface area contributed by atoms with Crippen molar-refractivity contribution in [1.29, 1.82) is 0 Å². The normalized spacial score (nSPS) is 41.1. The van der Waals surface area contributed by atoms with Crippen molar-refractivity contribution in [2.24, 2.45) is 34.0 Å². The van der Waals surface area contributed by atoms with E-state index in [1.165, 1.54) is 12.5 Å². The number of aliphatic hydroxyl groups excluding tert-OH is 1. The Labute approximate surface area is 214 Å². The summed E-state index contributed by atoms with van der Waals surface area (Å²) in [5, 5.41) is 11.7. The van der Waals surface area contributed by atoms with Crippen molar-refractivity contribution < 1.29 is 28.9 Å². The molecule has 1 N–H and O–H groups in total. The number of esters is 2. The highest BCUT2D eigenvalue weighted by Gasteiger charge is 2.68. The van der Waals surface area contributed by atoms with E-state index >= 15 is 0 Å². The molecule has 4 aliphatic rings. The van der Waals surface area contributed by atoms with Crippen LogP contribution in [0.25, 0.3) is 0 Å². The maximum Gasteiger partial charge on any atom is 0.338 e. The summed E-state index contributed by atoms with van der Waals surface area (Å²) < 4.78 is 17.0. The third-order valence-corrected chi connectivity index (χ3v) is 10.6. The van der Waals surface area contributed by atoms with Crippen LogP contribution in [0.4, 0.5) is 0 Å². The quantitative estimate of drug-likeness (QED) is 0.438. The molecule has 2 bridgehead atoms. The second-order valence-electron chi connectivity index (χ2n) is 12.4. The maximum atomic E-state index is 13.2. The summed E-state index contributed by atoms with van der Waals surface area (Å²) in [6.07, 6.45) is 5.59. The molecule has 1 unspecified atom stereocenters. The first-order chi connectivity index (χ1) is 17.0. The number of carbonyl (C=O) groups excluding carboxylic acids is 2. The number of hydrogen-bond donors (Lipinski definition) is 1. The Morgan fingerprint density at radius 1 is 1.11 bits per heavy atom. The number of aliphatic hydroxyl groups is 1. The SMILES string of the molecule is C=C1C[C@]23C[C@@H]1CC[C@H]2[C@]1(C)CC[C@@H](OC(=O)c2ccc(OC)cc2)[C@](C)(COC(C)=O)C1C[C@@H]3O. The molecule has 8 atom stereocenters. The van der Waals surface area contributed by atoms with E-state index in [0.717, 1.165) is 32.1 Å². The zero-order chi connectivity index (χ0) is 25.9. The molecule has 1 aromatic rings. The third kappa shape index (κ3) is 3.79. The molecule has 196 valence electrons. The largest absolute Gasteiger partial charge is 0.497 e. The second kappa shape index (κ2) is 8.90. The Morgan fingerprint density at radius 3 is 2.50 bits per heavy atom. The van der Waals surface area contributed by atoms with E-state index in [4.69, 9.17) is 14.2 Å². The number of ether oxygens (including phenoxy) is 3. The van der Waals surface area contributed by atoms with Crippen LogP contribution < -0.4 is 4.74 Å². The number of fused-ring (bicyclic) bond motifs is 3. The number of allylic oxidation sites excluding steroid dienone is 1. The lowest BCUT2D eigenvalue weighted by molar-refractivity contribution is -0.232. The zero-order valence-electron chi connectivity index (χ0n) is 22.0. The predicted molar refractivity (Wildman–Crippen MR) is 135 cm³/mol. The van der Waals surface area contributed by atoms with Gasteiger partial charge in [-0.3, -0.25) is 4.79 Å². The molecule has 1 spiro atoms. The Balaban J connectivity index is 1.46. The summed E-state index contributed by atoms with van der Waals surface area (Å²) in [5.74, 6) is 0.913. The van der Waals surface area contributed by atoms with Crippen molar-refractivity contribution in [3.63, 3.8) is 0 Å². The van der Waals surface area contributed by atoms with Crippen LogP contribution >= 0.6 is 0 Å². The smallest absolute Gasteiger partial charge is 0.338 e. The molecule has 0 aliphatic heterocycles. The third-order valence-electron chi connectivity index (χ3n) is 10.6. The van der Waals surface area contributed by atoms with Crippen LogP contribution in [0.1, 0.15) is 76.1 Å². The van der Waals surface area contributed by atoms with Crippen LogP contribution in [0.15, 0.2) is 36.4 Å². The number of carbonyl (C=O) groups is 2. The highest BCUT2D eigenvalue weighted by molar-refractivity contribution is 5.89. The van der Waals surface area contributed by atoms with E-state index in [1.807, 2.05) is 0 Å². The van der Waals surface area contributed by atoms with Gasteiger partial charge in [0, 0.05) is 17.8 Å². The van der Waals surface area contributed by atoms with Crippen molar-refractivity contribution in [2.75, 3.05) is 13.7 Å². The Kier molecular flexibility index (Phi) is 6.26. The minimum atomic E-state index is -0.601. The van der Waals surface area contributed by atoms with Gasteiger partial charge in [-0.2, -0.15) is 0 Å². The summed E-state index contributed by atoms with van der Waals surface area (Å²) in [4.78, 5) is 25.1. The fourth-order valence-corrected chi connectivity index (χ4v) is 8.85. The molecular formula is C30H40O6. The van der Waals surface area contributed by atoms with Gasteiger partial charge in [-0.1, -0.05) is 26.0 Å². The average Bonchev–Trinajstić information content (AvgIpc) is 3.11. The molecule has 4 saturated carbocycles. The standard InChI is InChI=1S/C30H40O6/c1-18-15-30-16-21(18)8-11-23(30)28(3)13-12-26(36-27(33)20-6-9-22(34-5)10-7-20)29(4,17-35-19(2)31)24(28)14-25(30)32/h6-7,9-10,21,23-26,32H,1,8,11-17H2,2-5H3/t21-,23-,24?,25-,26+,28-,29+,30-/m0/s1. The molecular weight excluding hydrogens is 456 g/mol. The molecule has 0 amide bonds. The average molecular weight is 497 g/mol. The number of benzene rings is 1. The lowest BCUT2D eigenvalue weighted by Crippen LogP contribution is -2.65. The van der Waals surface area contributed by atoms with Crippen LogP contribution in [-0.4, -0.2) is 43.0 Å². The lowest BCUT2D eigenvalue weighted by Gasteiger charge is -2.66. The van der Waals surface area contributed by atoms with Crippen molar-refractivity contribution in [3.8, 4) is 5.75 Å². The van der Waals surface area contributed by atoms with Crippen molar-refractivity contribution in [1.82, 2.24) is 0 Å². The highest BCUT2D eigenvalue weighted by Crippen LogP contribution is 2.72. The van der Waals surface area contributed by atoms with E-state index in [2.05, 4.69) is 20.4 Å². The Morgan fingerprint density at radius 2 is 1.83 bits per heavy atom. The number of rotatable bonds is 5. The number of methoxy groups -OCH3 is 1. The number of hydrogen-bond acceptors (Lipinski definition) is 6. The molecule has 0 saturated heterocycles. The predicted octanol–water partition coefficient (Wildman–Crippen LogP) is 5.33. The molecule has 0 aromatic heterocycles. The summed E-state index contributed by atoms with van der Waals surface area (Å²) in [6, 6.07) is 6.90. The Hall–Kier alpha value is -2.34. The van der Waals surface area contributed by atoms with Gasteiger partial charge in [0.15, 0.2) is 0 Å². The van der Waals surface area contributed by atoms with Crippen LogP contribution in [0.2, 0.25) is 0 Å². The minimum Gasteiger partial charge on any atom is -0.497 e. The zero-order valence-corrected chi connectivity index (χ0v) is 22.0. The van der Waals surface area contributed by atoms with Gasteiger partial charge < -0.3 is 19.3 Å². The molecule has 6 nitrogen and oxygen atoms in total. The first-order valence-electron chi connectivity index (χ1n) is 13.4. The van der Waals surface area contributed by atoms with Gasteiger partial charge in [-0.25, -0.2) is 4.79 Å². The summed E-state index contributed by atoms with van der Waals surface area (Å²) in [6.45, 7) is 10.4. The lowest BCUT2D eigenvalue weighted by atomic mass is 9.40. The second-order valence-corrected chi connectivity index (χ2v) is 12.4. The van der Waals surface area contributed by atoms with E-state index in [-0.39, 0.29) is 35.3 Å². The fourth-order valence-electron chi connectivity index (χ4n) is 8.85. The monoisotopic (exact) mass is 496 g/mol. The summed E-state index contributed by atoms with van der Waals surface area (Å²) in [5.41, 5.74) is 1.04. The van der Waals surface area contributed by atoms with Crippen LogP contribution in [-0.2, 0) is 14.3 Å². The highest BCUT2D eigenvalue weighted by atomic mass is 16.6. The van der Waals surface area contributed by atoms with Gasteiger partial charge in [-0.15, -0.1) is 0 Å². The van der Waals surface area contributed by atoms with Gasteiger partial charge >= 0.3 is 11.9 Å². The van der Waals surface area contributed by atoms with Crippen molar-refractivity contribution >= 4 is 11.9 Å². The van der Waals surface area contributed by atoms with Gasteiger partial charge in [-0.05, 0) is 92.4 Å².